The average Bonchev–Trinajstić information content (AvgIpc) is 2.65. The molecule has 0 aromatic carbocycles. The van der Waals surface area contributed by atoms with Crippen molar-refractivity contribution in [3.8, 4) is 0 Å². The molecule has 1 rings (SSSR count). The lowest BCUT2D eigenvalue weighted by atomic mass is 10.1. The first-order valence-corrected chi connectivity index (χ1v) is 5.41. The van der Waals surface area contributed by atoms with Crippen molar-refractivity contribution < 1.29 is 9.59 Å². The molecule has 1 aliphatic rings. The lowest BCUT2D eigenvalue weighted by molar-refractivity contribution is -0.133. The molecule has 0 bridgehead atoms. The third-order valence-electron chi connectivity index (χ3n) is 2.77. The minimum absolute atomic E-state index is 0.0444. The summed E-state index contributed by atoms with van der Waals surface area (Å²) in [5.74, 6) is -0.465. The van der Waals surface area contributed by atoms with Gasteiger partial charge in [-0.3, -0.25) is 4.79 Å². The van der Waals surface area contributed by atoms with Crippen LogP contribution < -0.4 is 0 Å². The SMILES string of the molecule is C=C/C=C(\C=C)CCN1CCC(C=O)C1=O. The second-order valence-electron chi connectivity index (χ2n) is 3.79. The van der Waals surface area contributed by atoms with E-state index in [1.165, 1.54) is 0 Å². The first-order chi connectivity index (χ1) is 7.72. The van der Waals surface area contributed by atoms with Crippen LogP contribution in [0.15, 0.2) is 37.0 Å². The van der Waals surface area contributed by atoms with E-state index in [2.05, 4.69) is 13.2 Å². The van der Waals surface area contributed by atoms with Crippen molar-refractivity contribution in [2.45, 2.75) is 12.8 Å². The van der Waals surface area contributed by atoms with Gasteiger partial charge in [-0.05, 0) is 18.4 Å². The predicted octanol–water partition coefficient (Wildman–Crippen LogP) is 1.72. The standard InChI is InChI=1S/C13H17NO2/c1-3-5-11(4-2)6-8-14-9-7-12(10-15)13(14)16/h3-5,10,12H,1-2,6-9H2/b11-5+. The highest BCUT2D eigenvalue weighted by Gasteiger charge is 2.30. The highest BCUT2D eigenvalue weighted by atomic mass is 16.2. The molecule has 1 aliphatic heterocycles. The fourth-order valence-electron chi connectivity index (χ4n) is 1.78. The average molecular weight is 219 g/mol. The maximum atomic E-state index is 11.6. The second-order valence-corrected chi connectivity index (χ2v) is 3.79. The van der Waals surface area contributed by atoms with Gasteiger partial charge in [0.2, 0.25) is 5.91 Å². The van der Waals surface area contributed by atoms with E-state index in [1.807, 2.05) is 6.08 Å². The molecule has 3 heteroatoms. The molecule has 1 amide bonds. The van der Waals surface area contributed by atoms with Crippen LogP contribution in [-0.4, -0.2) is 30.2 Å². The summed E-state index contributed by atoms with van der Waals surface area (Å²) in [6.07, 6.45) is 7.50. The van der Waals surface area contributed by atoms with Crippen LogP contribution in [-0.2, 0) is 9.59 Å². The maximum absolute atomic E-state index is 11.6. The van der Waals surface area contributed by atoms with Crippen LogP contribution in [0.1, 0.15) is 12.8 Å². The van der Waals surface area contributed by atoms with Crippen LogP contribution in [0.2, 0.25) is 0 Å². The zero-order valence-corrected chi connectivity index (χ0v) is 9.39. The Labute approximate surface area is 96.1 Å². The molecule has 16 heavy (non-hydrogen) atoms. The Morgan fingerprint density at radius 1 is 1.50 bits per heavy atom. The Hall–Kier alpha value is -1.64. The molecule has 0 saturated carbocycles. The van der Waals surface area contributed by atoms with Crippen molar-refractivity contribution in [1.82, 2.24) is 4.90 Å². The van der Waals surface area contributed by atoms with Crippen LogP contribution in [0.5, 0.6) is 0 Å². The number of carbonyl (C=O) groups excluding carboxylic acids is 2. The van der Waals surface area contributed by atoms with Crippen molar-refractivity contribution in [3.63, 3.8) is 0 Å². The summed E-state index contributed by atoms with van der Waals surface area (Å²) in [7, 11) is 0. The third kappa shape index (κ3) is 2.92. The lowest BCUT2D eigenvalue weighted by Gasteiger charge is -2.15. The summed E-state index contributed by atoms with van der Waals surface area (Å²) in [6.45, 7) is 8.65. The number of allylic oxidation sites excluding steroid dienone is 3. The van der Waals surface area contributed by atoms with E-state index in [4.69, 9.17) is 0 Å². The Kier molecular flexibility index (Phi) is 4.70. The van der Waals surface area contributed by atoms with Gasteiger partial charge in [0, 0.05) is 13.1 Å². The van der Waals surface area contributed by atoms with Gasteiger partial charge >= 0.3 is 0 Å². The van der Waals surface area contributed by atoms with E-state index in [0.29, 0.717) is 19.5 Å². The molecule has 1 atom stereocenters. The number of likely N-dealkylation sites (tertiary alicyclic amines) is 1. The molecular weight excluding hydrogens is 202 g/mol. The Morgan fingerprint density at radius 2 is 2.25 bits per heavy atom. The van der Waals surface area contributed by atoms with Gasteiger partial charge < -0.3 is 9.69 Å². The second kappa shape index (κ2) is 6.05. The van der Waals surface area contributed by atoms with Gasteiger partial charge in [0.1, 0.15) is 6.29 Å². The van der Waals surface area contributed by atoms with Gasteiger partial charge in [0.25, 0.3) is 0 Å². The number of rotatable bonds is 6. The molecule has 0 spiro atoms. The Morgan fingerprint density at radius 3 is 2.75 bits per heavy atom. The zero-order chi connectivity index (χ0) is 12.0. The number of amides is 1. The molecule has 1 fully saturated rings. The summed E-state index contributed by atoms with van der Waals surface area (Å²) in [6, 6.07) is 0. The highest BCUT2D eigenvalue weighted by molar-refractivity contribution is 5.93. The van der Waals surface area contributed by atoms with E-state index in [9.17, 15) is 9.59 Å². The Bertz CT molecular complexity index is 331. The highest BCUT2D eigenvalue weighted by Crippen LogP contribution is 2.17. The number of aldehydes is 1. The molecule has 1 heterocycles. The summed E-state index contributed by atoms with van der Waals surface area (Å²) in [5, 5.41) is 0. The van der Waals surface area contributed by atoms with E-state index in [-0.39, 0.29) is 5.91 Å². The molecule has 0 aliphatic carbocycles. The van der Waals surface area contributed by atoms with Gasteiger partial charge in [-0.1, -0.05) is 31.4 Å². The number of nitrogens with zero attached hydrogens (tertiary/aromatic N) is 1. The number of hydrogen-bond acceptors (Lipinski definition) is 2. The quantitative estimate of drug-likeness (QED) is 0.387. The van der Waals surface area contributed by atoms with E-state index in [1.54, 1.807) is 17.1 Å². The molecule has 0 N–H and O–H groups in total. The molecule has 3 nitrogen and oxygen atoms in total. The Balaban J connectivity index is 2.47. The third-order valence-corrected chi connectivity index (χ3v) is 2.77. The van der Waals surface area contributed by atoms with Crippen LogP contribution in [0.25, 0.3) is 0 Å². The van der Waals surface area contributed by atoms with Crippen LogP contribution in [0, 0.1) is 5.92 Å². The van der Waals surface area contributed by atoms with Gasteiger partial charge in [-0.2, -0.15) is 0 Å². The first-order valence-electron chi connectivity index (χ1n) is 5.41. The maximum Gasteiger partial charge on any atom is 0.232 e. The lowest BCUT2D eigenvalue weighted by Crippen LogP contribution is -2.28. The summed E-state index contributed by atoms with van der Waals surface area (Å²) in [4.78, 5) is 23.9. The first kappa shape index (κ1) is 12.4. The molecule has 1 saturated heterocycles. The van der Waals surface area contributed by atoms with Crippen LogP contribution in [0.4, 0.5) is 0 Å². The molecule has 0 radical (unpaired) electrons. The largest absolute Gasteiger partial charge is 0.342 e. The number of hydrogen-bond donors (Lipinski definition) is 0. The minimum atomic E-state index is -0.421. The fourth-order valence-corrected chi connectivity index (χ4v) is 1.78. The summed E-state index contributed by atoms with van der Waals surface area (Å²) >= 11 is 0. The smallest absolute Gasteiger partial charge is 0.232 e. The van der Waals surface area contributed by atoms with Crippen molar-refractivity contribution >= 4 is 12.2 Å². The van der Waals surface area contributed by atoms with Gasteiger partial charge in [0.15, 0.2) is 0 Å². The van der Waals surface area contributed by atoms with Crippen molar-refractivity contribution in [3.05, 3.63) is 37.0 Å². The normalized spacial score (nSPS) is 21.0. The molecule has 86 valence electrons. The van der Waals surface area contributed by atoms with Crippen LogP contribution in [0.3, 0.4) is 0 Å². The van der Waals surface area contributed by atoms with Crippen molar-refractivity contribution in [2.75, 3.05) is 13.1 Å². The van der Waals surface area contributed by atoms with Crippen LogP contribution >= 0.6 is 0 Å². The zero-order valence-electron chi connectivity index (χ0n) is 9.39. The van der Waals surface area contributed by atoms with Gasteiger partial charge in [0.05, 0.1) is 5.92 Å². The van der Waals surface area contributed by atoms with Crippen molar-refractivity contribution in [1.29, 1.82) is 0 Å². The summed E-state index contributed by atoms with van der Waals surface area (Å²) in [5.41, 5.74) is 1.05. The molecular formula is C13H17NO2. The fraction of sp³-hybridized carbons (Fsp3) is 0.385. The van der Waals surface area contributed by atoms with Gasteiger partial charge in [-0.15, -0.1) is 0 Å². The number of carbonyl (C=O) groups is 2. The van der Waals surface area contributed by atoms with E-state index < -0.39 is 5.92 Å². The predicted molar refractivity (Wildman–Crippen MR) is 63.8 cm³/mol. The van der Waals surface area contributed by atoms with Gasteiger partial charge in [-0.25, -0.2) is 0 Å². The van der Waals surface area contributed by atoms with Crippen molar-refractivity contribution in [2.24, 2.45) is 5.92 Å². The summed E-state index contributed by atoms with van der Waals surface area (Å²) < 4.78 is 0. The topological polar surface area (TPSA) is 37.4 Å². The molecule has 0 aromatic rings. The van der Waals surface area contributed by atoms with E-state index in [0.717, 1.165) is 18.3 Å². The monoisotopic (exact) mass is 219 g/mol. The molecule has 1 unspecified atom stereocenters. The minimum Gasteiger partial charge on any atom is -0.342 e. The molecule has 0 aromatic heterocycles. The van der Waals surface area contributed by atoms with E-state index >= 15 is 0 Å².